The van der Waals surface area contributed by atoms with E-state index in [1.54, 1.807) is 0 Å². The maximum absolute atomic E-state index is 11.4. The van der Waals surface area contributed by atoms with E-state index in [2.05, 4.69) is 4.98 Å². The molecule has 1 aromatic heterocycles. The summed E-state index contributed by atoms with van der Waals surface area (Å²) in [4.78, 5) is 15.0. The SMILES string of the molecule is CO[C@@H]1[C@H](O)[C@@H](CO)O[C@H]1n1cc(CO)c(=O)nc1N. The second-order valence-corrected chi connectivity index (χ2v) is 4.43. The normalized spacial score (nSPS) is 29.8. The topological polar surface area (TPSA) is 140 Å². The summed E-state index contributed by atoms with van der Waals surface area (Å²) < 4.78 is 11.9. The fourth-order valence-electron chi connectivity index (χ4n) is 2.18. The van der Waals surface area contributed by atoms with E-state index in [9.17, 15) is 9.90 Å². The lowest BCUT2D eigenvalue weighted by atomic mass is 10.1. The van der Waals surface area contributed by atoms with Crippen molar-refractivity contribution in [3.05, 3.63) is 22.1 Å². The van der Waals surface area contributed by atoms with Crippen molar-refractivity contribution in [2.75, 3.05) is 19.5 Å². The summed E-state index contributed by atoms with van der Waals surface area (Å²) in [5.41, 5.74) is 5.07. The van der Waals surface area contributed by atoms with Gasteiger partial charge in [0.05, 0.1) is 18.8 Å². The predicted molar refractivity (Wildman–Crippen MR) is 66.6 cm³/mol. The Morgan fingerprint density at radius 2 is 2.25 bits per heavy atom. The predicted octanol–water partition coefficient (Wildman–Crippen LogP) is -2.42. The van der Waals surface area contributed by atoms with E-state index < -0.39 is 43.3 Å². The third-order valence-corrected chi connectivity index (χ3v) is 3.26. The first-order valence-electron chi connectivity index (χ1n) is 5.99. The van der Waals surface area contributed by atoms with Crippen molar-refractivity contribution < 1.29 is 24.8 Å². The molecule has 1 saturated heterocycles. The molecule has 1 aromatic rings. The molecule has 0 aliphatic carbocycles. The van der Waals surface area contributed by atoms with Gasteiger partial charge < -0.3 is 30.5 Å². The standard InChI is InChI=1S/C11H17N3O6/c1-19-8-7(17)6(4-16)20-10(8)14-2-5(3-15)9(18)13-11(14)12/h2,6-8,10,15-17H,3-4H2,1H3,(H2,12,13,18)/t6-,7-,8-,10-/m1/s1. The molecule has 9 nitrogen and oxygen atoms in total. The molecular weight excluding hydrogens is 270 g/mol. The number of hydrogen-bond donors (Lipinski definition) is 4. The number of aliphatic hydroxyl groups excluding tert-OH is 3. The van der Waals surface area contributed by atoms with Crippen LogP contribution in [0.4, 0.5) is 5.95 Å². The van der Waals surface area contributed by atoms with Gasteiger partial charge in [0.15, 0.2) is 6.23 Å². The van der Waals surface area contributed by atoms with Crippen LogP contribution < -0.4 is 11.3 Å². The highest BCUT2D eigenvalue weighted by atomic mass is 16.6. The number of nitrogens with two attached hydrogens (primary N) is 1. The zero-order chi connectivity index (χ0) is 14.9. The molecule has 0 radical (unpaired) electrons. The average Bonchev–Trinajstić information content (AvgIpc) is 2.75. The molecule has 4 atom stereocenters. The van der Waals surface area contributed by atoms with E-state index in [0.717, 1.165) is 0 Å². The zero-order valence-electron chi connectivity index (χ0n) is 10.8. The number of ether oxygens (including phenoxy) is 2. The van der Waals surface area contributed by atoms with Gasteiger partial charge in [-0.25, -0.2) is 0 Å². The van der Waals surface area contributed by atoms with Crippen LogP contribution in [-0.4, -0.2) is 56.9 Å². The largest absolute Gasteiger partial charge is 0.394 e. The summed E-state index contributed by atoms with van der Waals surface area (Å²) >= 11 is 0. The van der Waals surface area contributed by atoms with Gasteiger partial charge in [0.25, 0.3) is 5.56 Å². The molecule has 0 spiro atoms. The van der Waals surface area contributed by atoms with Crippen molar-refractivity contribution in [1.82, 2.24) is 9.55 Å². The number of nitrogen functional groups attached to an aromatic ring is 1. The molecule has 1 fully saturated rings. The van der Waals surface area contributed by atoms with Gasteiger partial charge in [0, 0.05) is 13.3 Å². The summed E-state index contributed by atoms with van der Waals surface area (Å²) in [5.74, 6) is -0.134. The van der Waals surface area contributed by atoms with Crippen molar-refractivity contribution in [2.45, 2.75) is 31.1 Å². The maximum Gasteiger partial charge on any atom is 0.279 e. The third-order valence-electron chi connectivity index (χ3n) is 3.26. The molecule has 2 rings (SSSR count). The minimum absolute atomic E-state index is 0.0413. The first-order valence-corrected chi connectivity index (χ1v) is 5.99. The van der Waals surface area contributed by atoms with Gasteiger partial charge in [-0.3, -0.25) is 9.36 Å². The summed E-state index contributed by atoms with van der Waals surface area (Å²) in [6.07, 6.45) is -2.23. The zero-order valence-corrected chi connectivity index (χ0v) is 10.8. The highest BCUT2D eigenvalue weighted by Crippen LogP contribution is 2.32. The van der Waals surface area contributed by atoms with E-state index in [0.29, 0.717) is 0 Å². The monoisotopic (exact) mass is 287 g/mol. The van der Waals surface area contributed by atoms with Crippen molar-refractivity contribution in [1.29, 1.82) is 0 Å². The molecule has 20 heavy (non-hydrogen) atoms. The van der Waals surface area contributed by atoms with Gasteiger partial charge in [-0.05, 0) is 0 Å². The molecule has 1 aliphatic rings. The van der Waals surface area contributed by atoms with Crippen LogP contribution in [-0.2, 0) is 16.1 Å². The Labute approximate surface area is 114 Å². The van der Waals surface area contributed by atoms with Crippen LogP contribution in [0.5, 0.6) is 0 Å². The summed E-state index contributed by atoms with van der Waals surface area (Å²) in [6.45, 7) is -0.889. The summed E-state index contributed by atoms with van der Waals surface area (Å²) in [6, 6.07) is 0. The number of aliphatic hydroxyl groups is 3. The lowest BCUT2D eigenvalue weighted by Gasteiger charge is -2.22. The average molecular weight is 287 g/mol. The highest BCUT2D eigenvalue weighted by Gasteiger charge is 2.45. The molecule has 2 heterocycles. The molecule has 0 saturated carbocycles. The molecule has 1 aliphatic heterocycles. The summed E-state index contributed by atoms with van der Waals surface area (Å²) in [5, 5.41) is 28.2. The van der Waals surface area contributed by atoms with Gasteiger partial charge in [-0.15, -0.1) is 0 Å². The van der Waals surface area contributed by atoms with Gasteiger partial charge in [0.1, 0.15) is 18.3 Å². The molecule has 112 valence electrons. The van der Waals surface area contributed by atoms with Gasteiger partial charge >= 0.3 is 0 Å². The Hall–Kier alpha value is -1.52. The van der Waals surface area contributed by atoms with Crippen LogP contribution in [0.3, 0.4) is 0 Å². The van der Waals surface area contributed by atoms with Crippen LogP contribution in [0.1, 0.15) is 11.8 Å². The minimum Gasteiger partial charge on any atom is -0.394 e. The van der Waals surface area contributed by atoms with E-state index in [1.807, 2.05) is 0 Å². The van der Waals surface area contributed by atoms with Crippen molar-refractivity contribution in [2.24, 2.45) is 0 Å². The second-order valence-electron chi connectivity index (χ2n) is 4.43. The van der Waals surface area contributed by atoms with Crippen LogP contribution in [0.25, 0.3) is 0 Å². The van der Waals surface area contributed by atoms with E-state index in [4.69, 9.17) is 25.4 Å². The summed E-state index contributed by atoms with van der Waals surface area (Å²) in [7, 11) is 1.38. The first-order chi connectivity index (χ1) is 9.53. The Morgan fingerprint density at radius 3 is 2.80 bits per heavy atom. The number of hydrogen-bond acceptors (Lipinski definition) is 8. The molecule has 0 unspecified atom stereocenters. The Kier molecular flexibility index (Phi) is 4.35. The molecule has 0 bridgehead atoms. The minimum atomic E-state index is -1.05. The number of nitrogens with zero attached hydrogens (tertiary/aromatic N) is 2. The number of rotatable bonds is 4. The lowest BCUT2D eigenvalue weighted by molar-refractivity contribution is -0.0598. The smallest absolute Gasteiger partial charge is 0.279 e. The number of methoxy groups -OCH3 is 1. The molecule has 9 heteroatoms. The van der Waals surface area contributed by atoms with Crippen molar-refractivity contribution in [3.8, 4) is 0 Å². The van der Waals surface area contributed by atoms with E-state index in [-0.39, 0.29) is 11.5 Å². The Morgan fingerprint density at radius 1 is 1.55 bits per heavy atom. The van der Waals surface area contributed by atoms with Crippen LogP contribution in [0.15, 0.2) is 11.0 Å². The molecular formula is C11H17N3O6. The fourth-order valence-corrected chi connectivity index (χ4v) is 2.18. The van der Waals surface area contributed by atoms with Crippen LogP contribution in [0, 0.1) is 0 Å². The second kappa shape index (κ2) is 5.85. The van der Waals surface area contributed by atoms with Gasteiger partial charge in [-0.1, -0.05) is 0 Å². The molecule has 5 N–H and O–H groups in total. The first kappa shape index (κ1) is 14.9. The van der Waals surface area contributed by atoms with Crippen molar-refractivity contribution in [3.63, 3.8) is 0 Å². The maximum atomic E-state index is 11.4. The van der Waals surface area contributed by atoms with Gasteiger partial charge in [-0.2, -0.15) is 4.98 Å². The van der Waals surface area contributed by atoms with Crippen molar-refractivity contribution >= 4 is 5.95 Å². The fraction of sp³-hybridized carbons (Fsp3) is 0.636. The highest BCUT2D eigenvalue weighted by molar-refractivity contribution is 5.22. The molecule has 0 aromatic carbocycles. The van der Waals surface area contributed by atoms with Gasteiger partial charge in [0.2, 0.25) is 5.95 Å². The number of anilines is 1. The Balaban J connectivity index is 2.42. The van der Waals surface area contributed by atoms with Crippen LogP contribution >= 0.6 is 0 Å². The third kappa shape index (κ3) is 2.41. The molecule has 0 amide bonds. The lowest BCUT2D eigenvalue weighted by Crippen LogP contribution is -2.35. The van der Waals surface area contributed by atoms with E-state index >= 15 is 0 Å². The quantitative estimate of drug-likeness (QED) is 0.480. The van der Waals surface area contributed by atoms with E-state index in [1.165, 1.54) is 17.9 Å². The number of aromatic nitrogens is 2. The van der Waals surface area contributed by atoms with Crippen LogP contribution in [0.2, 0.25) is 0 Å². The Bertz CT molecular complexity index is 533.